The third kappa shape index (κ3) is 4.31. The summed E-state index contributed by atoms with van der Waals surface area (Å²) in [6.45, 7) is 6.74. The number of piperidine rings is 1. The lowest BCUT2D eigenvalue weighted by Gasteiger charge is -2.49. The fraction of sp³-hybridized carbons (Fsp3) is 0.467. The second-order valence-corrected chi connectivity index (χ2v) is 10.9. The molecule has 3 heterocycles. The molecule has 2 amide bonds. The van der Waals surface area contributed by atoms with Gasteiger partial charge in [0.25, 0.3) is 5.91 Å². The standard InChI is InChI=1S/C30H35N3O2/c1-20-11-14-28(29(34)31-20)33-19-24-16-21(12-13-26(24)30(33)35)15-23-9-5-6-10-27(23)32-17-25(18-32)22-7-3-2-4-8-22/h2-4,7-8,12-13,16,23,25,27-28H,1,5-6,9-11,14-15,17-19H2,(H,31,34)/t23-,27+,28?/m1/s1. The average Bonchev–Trinajstić information content (AvgIpc) is 3.15. The molecule has 4 aliphatic rings. The van der Waals surface area contributed by atoms with Crippen LogP contribution < -0.4 is 5.32 Å². The normalized spacial score (nSPS) is 27.5. The smallest absolute Gasteiger partial charge is 0.255 e. The van der Waals surface area contributed by atoms with Crippen molar-refractivity contribution in [3.05, 3.63) is 83.1 Å². The van der Waals surface area contributed by atoms with Gasteiger partial charge in [-0.3, -0.25) is 14.5 Å². The number of hydrogen-bond donors (Lipinski definition) is 1. The van der Waals surface area contributed by atoms with E-state index in [2.05, 4.69) is 59.3 Å². The number of nitrogens with zero attached hydrogens (tertiary/aromatic N) is 2. The third-order valence-electron chi connectivity index (χ3n) is 8.72. The van der Waals surface area contributed by atoms with Crippen LogP contribution in [0.2, 0.25) is 0 Å². The number of carbonyl (C=O) groups is 2. The summed E-state index contributed by atoms with van der Waals surface area (Å²) in [6, 6.07) is 17.6. The SMILES string of the molecule is C=C1CCC(N2Cc3cc(C[C@H]4CCCC[C@@H]4N4CC(c5ccccc5)C4)ccc3C2=O)C(=O)N1. The van der Waals surface area contributed by atoms with Crippen molar-refractivity contribution in [1.29, 1.82) is 0 Å². The van der Waals surface area contributed by atoms with Crippen molar-refractivity contribution >= 4 is 11.8 Å². The molecule has 5 heteroatoms. The minimum Gasteiger partial charge on any atom is -0.329 e. The zero-order valence-electron chi connectivity index (χ0n) is 20.4. The van der Waals surface area contributed by atoms with Crippen LogP contribution in [0.25, 0.3) is 0 Å². The van der Waals surface area contributed by atoms with Gasteiger partial charge in [-0.15, -0.1) is 0 Å². The second kappa shape index (κ2) is 9.27. The number of likely N-dealkylation sites (tertiary alicyclic amines) is 1. The number of amides is 2. The van der Waals surface area contributed by atoms with E-state index in [0.717, 1.165) is 29.7 Å². The third-order valence-corrected chi connectivity index (χ3v) is 8.72. The molecular formula is C30H35N3O2. The van der Waals surface area contributed by atoms with Crippen molar-refractivity contribution in [1.82, 2.24) is 15.1 Å². The van der Waals surface area contributed by atoms with E-state index < -0.39 is 6.04 Å². The summed E-state index contributed by atoms with van der Waals surface area (Å²) in [5.74, 6) is 1.23. The van der Waals surface area contributed by atoms with Crippen LogP contribution in [0.3, 0.4) is 0 Å². The number of benzene rings is 2. The highest BCUT2D eigenvalue weighted by molar-refractivity contribution is 6.01. The summed E-state index contributed by atoms with van der Waals surface area (Å²) in [6.07, 6.45) is 7.68. The molecule has 1 saturated carbocycles. The Kier molecular flexibility index (Phi) is 5.97. The molecule has 2 aromatic rings. The number of fused-ring (bicyclic) bond motifs is 1. The van der Waals surface area contributed by atoms with Crippen molar-refractivity contribution in [3.63, 3.8) is 0 Å². The van der Waals surface area contributed by atoms with Gasteiger partial charge < -0.3 is 10.2 Å². The highest BCUT2D eigenvalue weighted by atomic mass is 16.2. The first-order valence-corrected chi connectivity index (χ1v) is 13.3. The summed E-state index contributed by atoms with van der Waals surface area (Å²) in [5, 5.41) is 2.83. The fourth-order valence-electron chi connectivity index (χ4n) is 6.76. The van der Waals surface area contributed by atoms with Gasteiger partial charge in [0.2, 0.25) is 5.91 Å². The molecule has 2 aromatic carbocycles. The molecular weight excluding hydrogens is 434 g/mol. The lowest BCUT2D eigenvalue weighted by molar-refractivity contribution is -0.126. The van der Waals surface area contributed by atoms with Gasteiger partial charge in [-0.2, -0.15) is 0 Å². The molecule has 182 valence electrons. The number of rotatable bonds is 5. The zero-order chi connectivity index (χ0) is 23.9. The highest BCUT2D eigenvalue weighted by Gasteiger charge is 2.40. The molecule has 0 bridgehead atoms. The minimum absolute atomic E-state index is 0.0118. The van der Waals surface area contributed by atoms with Crippen LogP contribution in [0, 0.1) is 5.92 Å². The Morgan fingerprint density at radius 1 is 0.971 bits per heavy atom. The Bertz CT molecular complexity index is 1140. The largest absolute Gasteiger partial charge is 0.329 e. The van der Waals surface area contributed by atoms with Gasteiger partial charge in [-0.1, -0.05) is 61.9 Å². The Balaban J connectivity index is 1.12. The Labute approximate surface area is 208 Å². The maximum absolute atomic E-state index is 13.1. The van der Waals surface area contributed by atoms with Gasteiger partial charge in [-0.25, -0.2) is 0 Å². The molecule has 35 heavy (non-hydrogen) atoms. The van der Waals surface area contributed by atoms with Crippen LogP contribution >= 0.6 is 0 Å². The molecule has 6 rings (SSSR count). The molecule has 0 radical (unpaired) electrons. The van der Waals surface area contributed by atoms with Crippen LogP contribution in [0.1, 0.15) is 71.5 Å². The molecule has 3 atom stereocenters. The van der Waals surface area contributed by atoms with E-state index in [1.165, 1.54) is 49.9 Å². The summed E-state index contributed by atoms with van der Waals surface area (Å²) in [5.41, 5.74) is 5.39. The van der Waals surface area contributed by atoms with Crippen molar-refractivity contribution < 1.29 is 9.59 Å². The lowest BCUT2D eigenvalue weighted by Crippen LogP contribution is -2.54. The summed E-state index contributed by atoms with van der Waals surface area (Å²) < 4.78 is 0. The molecule has 3 aliphatic heterocycles. The first-order valence-electron chi connectivity index (χ1n) is 13.3. The van der Waals surface area contributed by atoms with Crippen molar-refractivity contribution in [3.8, 4) is 0 Å². The van der Waals surface area contributed by atoms with Crippen LogP contribution in [-0.2, 0) is 17.8 Å². The van der Waals surface area contributed by atoms with Crippen molar-refractivity contribution in [2.75, 3.05) is 13.1 Å². The number of nitrogens with one attached hydrogen (secondary N) is 1. The first-order chi connectivity index (χ1) is 17.1. The first kappa shape index (κ1) is 22.5. The van der Waals surface area contributed by atoms with Gasteiger partial charge in [0.1, 0.15) is 6.04 Å². The molecule has 3 fully saturated rings. The maximum atomic E-state index is 13.1. The molecule has 1 aliphatic carbocycles. The summed E-state index contributed by atoms with van der Waals surface area (Å²) >= 11 is 0. The van der Waals surface area contributed by atoms with Gasteiger partial charge in [-0.05, 0) is 60.8 Å². The van der Waals surface area contributed by atoms with E-state index in [1.54, 1.807) is 4.90 Å². The molecule has 1 N–H and O–H groups in total. The van der Waals surface area contributed by atoms with Crippen molar-refractivity contribution in [2.24, 2.45) is 5.92 Å². The van der Waals surface area contributed by atoms with Gasteiger partial charge >= 0.3 is 0 Å². The molecule has 5 nitrogen and oxygen atoms in total. The van der Waals surface area contributed by atoms with E-state index in [-0.39, 0.29) is 11.8 Å². The van der Waals surface area contributed by atoms with E-state index in [4.69, 9.17) is 0 Å². The zero-order valence-corrected chi connectivity index (χ0v) is 20.4. The highest BCUT2D eigenvalue weighted by Crippen LogP contribution is 2.38. The van der Waals surface area contributed by atoms with E-state index in [9.17, 15) is 9.59 Å². The van der Waals surface area contributed by atoms with Crippen LogP contribution in [0.5, 0.6) is 0 Å². The van der Waals surface area contributed by atoms with E-state index in [0.29, 0.717) is 30.8 Å². The number of hydrogen-bond acceptors (Lipinski definition) is 3. The summed E-state index contributed by atoms with van der Waals surface area (Å²) in [4.78, 5) is 30.0. The maximum Gasteiger partial charge on any atom is 0.255 e. The number of carbonyl (C=O) groups excluding carboxylic acids is 2. The van der Waals surface area contributed by atoms with Crippen LogP contribution in [-0.4, -0.2) is 46.8 Å². The van der Waals surface area contributed by atoms with E-state index in [1.807, 2.05) is 6.07 Å². The van der Waals surface area contributed by atoms with Crippen LogP contribution in [0.4, 0.5) is 0 Å². The Morgan fingerprint density at radius 2 is 1.77 bits per heavy atom. The quantitative estimate of drug-likeness (QED) is 0.694. The van der Waals surface area contributed by atoms with Crippen molar-refractivity contribution in [2.45, 2.75) is 69.5 Å². The Morgan fingerprint density at radius 3 is 2.57 bits per heavy atom. The van der Waals surface area contributed by atoms with Gasteiger partial charge in [0.05, 0.1) is 0 Å². The lowest BCUT2D eigenvalue weighted by atomic mass is 9.77. The van der Waals surface area contributed by atoms with E-state index >= 15 is 0 Å². The number of allylic oxidation sites excluding steroid dienone is 1. The minimum atomic E-state index is -0.393. The molecule has 1 unspecified atom stereocenters. The predicted molar refractivity (Wildman–Crippen MR) is 137 cm³/mol. The van der Waals surface area contributed by atoms with Gasteiger partial charge in [0, 0.05) is 42.9 Å². The molecule has 2 saturated heterocycles. The summed E-state index contributed by atoms with van der Waals surface area (Å²) in [7, 11) is 0. The fourth-order valence-corrected chi connectivity index (χ4v) is 6.76. The Hall–Kier alpha value is -2.92. The predicted octanol–water partition coefficient (Wildman–Crippen LogP) is 4.64. The monoisotopic (exact) mass is 469 g/mol. The average molecular weight is 470 g/mol. The second-order valence-electron chi connectivity index (χ2n) is 10.9. The van der Waals surface area contributed by atoms with Crippen LogP contribution in [0.15, 0.2) is 60.8 Å². The molecule has 0 aromatic heterocycles. The van der Waals surface area contributed by atoms with Gasteiger partial charge in [0.15, 0.2) is 0 Å². The topological polar surface area (TPSA) is 52.7 Å². The molecule has 0 spiro atoms.